The first-order valence-electron chi connectivity index (χ1n) is 13.4. The maximum atomic E-state index is 13.5. The highest BCUT2D eigenvalue weighted by atomic mass is 19.1. The summed E-state index contributed by atoms with van der Waals surface area (Å²) in [7, 11) is 0. The third-order valence-electron chi connectivity index (χ3n) is 8.01. The maximum Gasteiger partial charge on any atom is 0.219 e. The van der Waals surface area contributed by atoms with Crippen LogP contribution in [0.3, 0.4) is 0 Å². The van der Waals surface area contributed by atoms with Crippen molar-refractivity contribution >= 4 is 17.4 Å². The zero-order valence-corrected chi connectivity index (χ0v) is 21.6. The van der Waals surface area contributed by atoms with E-state index >= 15 is 0 Å². The van der Waals surface area contributed by atoms with Gasteiger partial charge in [-0.05, 0) is 84.5 Å². The Bertz CT molecular complexity index is 1260. The molecule has 2 aliphatic rings. The molecule has 3 aromatic rings. The van der Waals surface area contributed by atoms with Crippen LogP contribution in [0, 0.1) is 11.7 Å². The molecule has 0 aliphatic carbocycles. The minimum atomic E-state index is -0.227. The Labute approximate surface area is 219 Å². The number of benzene rings is 3. The fraction of sp³-hybridized carbons (Fsp3) is 0.375. The predicted octanol–water partition coefficient (Wildman–Crippen LogP) is 6.35. The number of piperidine rings is 1. The first-order chi connectivity index (χ1) is 18.0. The van der Waals surface area contributed by atoms with Gasteiger partial charge in [-0.1, -0.05) is 42.5 Å². The number of carbonyl (C=O) groups excluding carboxylic acids is 2. The molecule has 3 aromatic carbocycles. The van der Waals surface area contributed by atoms with E-state index < -0.39 is 0 Å². The number of halogens is 1. The van der Waals surface area contributed by atoms with Gasteiger partial charge in [0.2, 0.25) is 5.91 Å². The number of Topliss-reactive ketones (excluding diaryl/α,β-unsaturated/α-hetero) is 1. The number of fused-ring (bicyclic) bond motifs is 2. The summed E-state index contributed by atoms with van der Waals surface area (Å²) in [5.74, 6) is 0.622. The van der Waals surface area contributed by atoms with Crippen LogP contribution < -0.4 is 4.90 Å². The molecular formula is C32H35FN2O2. The molecule has 0 aromatic heterocycles. The number of hydrogen-bond donors (Lipinski definition) is 0. The van der Waals surface area contributed by atoms with E-state index in [-0.39, 0.29) is 17.5 Å². The van der Waals surface area contributed by atoms with E-state index in [1.807, 2.05) is 23.1 Å². The quantitative estimate of drug-likeness (QED) is 0.372. The molecule has 0 unspecified atom stereocenters. The summed E-state index contributed by atoms with van der Waals surface area (Å²) in [6.07, 6.45) is 5.27. The summed E-state index contributed by atoms with van der Waals surface area (Å²) >= 11 is 0. The Hall–Kier alpha value is -3.47. The minimum Gasteiger partial charge on any atom is -0.363 e. The average Bonchev–Trinajstić information content (AvgIpc) is 2.91. The second kappa shape index (κ2) is 11.3. The number of carbonyl (C=O) groups is 2. The van der Waals surface area contributed by atoms with Crippen molar-refractivity contribution in [1.82, 2.24) is 4.90 Å². The van der Waals surface area contributed by atoms with Crippen LogP contribution in [0.4, 0.5) is 10.1 Å². The second-order valence-corrected chi connectivity index (χ2v) is 10.5. The number of anilines is 1. The highest BCUT2D eigenvalue weighted by molar-refractivity contribution is 5.96. The van der Waals surface area contributed by atoms with E-state index in [0.29, 0.717) is 25.4 Å². The van der Waals surface area contributed by atoms with E-state index in [1.54, 1.807) is 6.92 Å². The second-order valence-electron chi connectivity index (χ2n) is 10.5. The topological polar surface area (TPSA) is 40.6 Å². The molecule has 0 spiro atoms. The molecule has 5 heteroatoms. The number of hydrogen-bond acceptors (Lipinski definition) is 3. The van der Waals surface area contributed by atoms with E-state index in [4.69, 9.17) is 0 Å². The summed E-state index contributed by atoms with van der Waals surface area (Å²) < 4.78 is 13.5. The Morgan fingerprint density at radius 3 is 2.38 bits per heavy atom. The van der Waals surface area contributed by atoms with Crippen LogP contribution in [0.2, 0.25) is 0 Å². The van der Waals surface area contributed by atoms with Crippen LogP contribution in [0.15, 0.2) is 66.7 Å². The molecule has 1 fully saturated rings. The Balaban J connectivity index is 1.31. The van der Waals surface area contributed by atoms with Crippen molar-refractivity contribution in [2.45, 2.75) is 58.5 Å². The summed E-state index contributed by atoms with van der Waals surface area (Å²) in [6.45, 7) is 4.61. The van der Waals surface area contributed by atoms with Gasteiger partial charge in [0.05, 0.1) is 0 Å². The highest BCUT2D eigenvalue weighted by Gasteiger charge is 2.23. The largest absolute Gasteiger partial charge is 0.363 e. The van der Waals surface area contributed by atoms with Gasteiger partial charge in [0.1, 0.15) is 5.82 Å². The zero-order chi connectivity index (χ0) is 25.8. The van der Waals surface area contributed by atoms with Crippen LogP contribution >= 0.6 is 0 Å². The van der Waals surface area contributed by atoms with Gasteiger partial charge < -0.3 is 9.80 Å². The van der Waals surface area contributed by atoms with Crippen molar-refractivity contribution in [2.24, 2.45) is 5.92 Å². The van der Waals surface area contributed by atoms with Crippen molar-refractivity contribution in [3.8, 4) is 0 Å². The van der Waals surface area contributed by atoms with Gasteiger partial charge in [-0.15, -0.1) is 0 Å². The molecule has 4 nitrogen and oxygen atoms in total. The standard InChI is InChI=1S/C32H35FN2O2/c1-23(36)34-18-16-24(17-19-34)8-15-32(37)28-12-10-26-9-11-27-4-2-3-5-31(27)35(22-29(26)20-28)21-25-6-13-30(33)14-7-25/h2-7,10,12-14,20,24H,8-9,11,15-19,21-22H2,1H3. The molecule has 37 heavy (non-hydrogen) atoms. The number of likely N-dealkylation sites (tertiary alicyclic amines) is 1. The molecule has 0 N–H and O–H groups in total. The smallest absolute Gasteiger partial charge is 0.219 e. The number of para-hydroxylation sites is 1. The maximum absolute atomic E-state index is 13.5. The van der Waals surface area contributed by atoms with Crippen molar-refractivity contribution in [1.29, 1.82) is 0 Å². The first-order valence-corrected chi connectivity index (χ1v) is 13.4. The SMILES string of the molecule is CC(=O)N1CCC(CCC(=O)c2ccc3c(c2)CN(Cc2ccc(F)cc2)c2ccccc2CC3)CC1. The number of nitrogens with zero attached hydrogens (tertiary/aromatic N) is 2. The van der Waals surface area contributed by atoms with Gasteiger partial charge in [-0.3, -0.25) is 9.59 Å². The van der Waals surface area contributed by atoms with E-state index in [1.165, 1.54) is 34.5 Å². The normalized spacial score (nSPS) is 15.9. The first kappa shape index (κ1) is 25.2. The molecule has 0 saturated carbocycles. The van der Waals surface area contributed by atoms with E-state index in [9.17, 15) is 14.0 Å². The highest BCUT2D eigenvalue weighted by Crippen LogP contribution is 2.31. The Kier molecular flexibility index (Phi) is 7.68. The van der Waals surface area contributed by atoms with Gasteiger partial charge in [-0.2, -0.15) is 0 Å². The van der Waals surface area contributed by atoms with Gasteiger partial charge in [0, 0.05) is 50.8 Å². The molecule has 5 rings (SSSR count). The van der Waals surface area contributed by atoms with E-state index in [0.717, 1.165) is 56.3 Å². The van der Waals surface area contributed by atoms with Crippen LogP contribution in [-0.2, 0) is 30.7 Å². The average molecular weight is 499 g/mol. The summed E-state index contributed by atoms with van der Waals surface area (Å²) in [4.78, 5) is 29.0. The lowest BCUT2D eigenvalue weighted by molar-refractivity contribution is -0.130. The Morgan fingerprint density at radius 1 is 0.892 bits per heavy atom. The van der Waals surface area contributed by atoms with E-state index in [2.05, 4.69) is 41.3 Å². The Morgan fingerprint density at radius 2 is 1.62 bits per heavy atom. The van der Waals surface area contributed by atoms with Crippen molar-refractivity contribution < 1.29 is 14.0 Å². The third kappa shape index (κ3) is 6.10. The zero-order valence-electron chi connectivity index (χ0n) is 21.6. The van der Waals surface area contributed by atoms with Gasteiger partial charge in [0.25, 0.3) is 0 Å². The molecule has 0 atom stereocenters. The van der Waals surface area contributed by atoms with Crippen molar-refractivity contribution in [2.75, 3.05) is 18.0 Å². The molecule has 192 valence electrons. The van der Waals surface area contributed by atoms with Crippen LogP contribution in [0.25, 0.3) is 0 Å². The summed E-state index contributed by atoms with van der Waals surface area (Å²) in [5, 5.41) is 0. The molecule has 1 saturated heterocycles. The monoisotopic (exact) mass is 498 g/mol. The lowest BCUT2D eigenvalue weighted by Crippen LogP contribution is -2.37. The molecule has 1 amide bonds. The van der Waals surface area contributed by atoms with Crippen LogP contribution in [0.1, 0.15) is 65.2 Å². The minimum absolute atomic E-state index is 0.145. The lowest BCUT2D eigenvalue weighted by atomic mass is 9.89. The third-order valence-corrected chi connectivity index (χ3v) is 8.01. The molecule has 0 radical (unpaired) electrons. The van der Waals surface area contributed by atoms with Gasteiger partial charge in [-0.25, -0.2) is 4.39 Å². The molecular weight excluding hydrogens is 463 g/mol. The number of aryl methyl sites for hydroxylation is 2. The molecule has 2 heterocycles. The summed E-state index contributed by atoms with van der Waals surface area (Å²) in [5.41, 5.74) is 6.83. The molecule has 0 bridgehead atoms. The van der Waals surface area contributed by atoms with Crippen molar-refractivity contribution in [3.63, 3.8) is 0 Å². The van der Waals surface area contributed by atoms with Gasteiger partial charge in [0.15, 0.2) is 5.78 Å². The fourth-order valence-corrected chi connectivity index (χ4v) is 5.75. The fourth-order valence-electron chi connectivity index (χ4n) is 5.75. The lowest BCUT2D eigenvalue weighted by Gasteiger charge is -2.31. The molecule has 2 aliphatic heterocycles. The number of rotatable bonds is 6. The van der Waals surface area contributed by atoms with Crippen molar-refractivity contribution in [3.05, 3.63) is 100 Å². The predicted molar refractivity (Wildman–Crippen MR) is 145 cm³/mol. The van der Waals surface area contributed by atoms with Crippen LogP contribution in [-0.4, -0.2) is 29.7 Å². The number of ketones is 1. The van der Waals surface area contributed by atoms with Gasteiger partial charge >= 0.3 is 0 Å². The van der Waals surface area contributed by atoms with Crippen LogP contribution in [0.5, 0.6) is 0 Å². The summed E-state index contributed by atoms with van der Waals surface area (Å²) in [6, 6.07) is 21.5. The number of amides is 1.